The minimum atomic E-state index is -0.269. The molecule has 1 unspecified atom stereocenters. The van der Waals surface area contributed by atoms with Crippen molar-refractivity contribution in [1.82, 2.24) is 9.55 Å². The van der Waals surface area contributed by atoms with Gasteiger partial charge in [0.25, 0.3) is 11.5 Å². The molecule has 2 aromatic heterocycles. The van der Waals surface area contributed by atoms with Gasteiger partial charge in [0, 0.05) is 47.9 Å². The Bertz CT molecular complexity index is 965. The number of nitrogens with zero attached hydrogens (tertiary/aromatic N) is 2. The number of hydrogen-bond donors (Lipinski definition) is 2. The zero-order valence-corrected chi connectivity index (χ0v) is 17.5. The summed E-state index contributed by atoms with van der Waals surface area (Å²) in [5.74, 6) is 1.63. The van der Waals surface area contributed by atoms with E-state index in [9.17, 15) is 9.59 Å². The maximum Gasteiger partial charge on any atom is 0.274 e. The van der Waals surface area contributed by atoms with Crippen LogP contribution in [0, 0.1) is 11.8 Å². The molecule has 2 bridgehead atoms. The summed E-state index contributed by atoms with van der Waals surface area (Å²) >= 11 is 0. The average molecular weight is 408 g/mol. The maximum atomic E-state index is 13.1. The number of hydrogen-bond acceptors (Lipinski definition) is 3. The zero-order valence-electron chi connectivity index (χ0n) is 17.5. The van der Waals surface area contributed by atoms with Gasteiger partial charge in [-0.05, 0) is 43.5 Å². The molecule has 2 aliphatic heterocycles. The first-order valence-corrected chi connectivity index (χ1v) is 11.5. The highest BCUT2D eigenvalue weighted by atomic mass is 16.2. The number of amides is 1. The first-order chi connectivity index (χ1) is 14.7. The van der Waals surface area contributed by atoms with Gasteiger partial charge in [-0.3, -0.25) is 14.6 Å². The SMILES string of the molecule is O=C(Nc1ccc2n(c1=O)C[C@H]1C[C@@H]2C[NH+](CC2CCCCC2)C1)c1ccncc1. The van der Waals surface area contributed by atoms with Crippen LogP contribution in [0.25, 0.3) is 0 Å². The molecule has 5 rings (SSSR count). The van der Waals surface area contributed by atoms with E-state index in [1.54, 1.807) is 35.5 Å². The molecule has 1 aliphatic carbocycles. The third-order valence-corrected chi connectivity index (χ3v) is 7.29. The van der Waals surface area contributed by atoms with Crippen LogP contribution in [0.5, 0.6) is 0 Å². The summed E-state index contributed by atoms with van der Waals surface area (Å²) in [5, 5.41) is 2.80. The minimum Gasteiger partial charge on any atom is -0.334 e. The Labute approximate surface area is 177 Å². The van der Waals surface area contributed by atoms with E-state index in [1.807, 2.05) is 4.57 Å². The van der Waals surface area contributed by atoms with Crippen molar-refractivity contribution in [3.63, 3.8) is 0 Å². The Morgan fingerprint density at radius 3 is 2.70 bits per heavy atom. The molecule has 3 atom stereocenters. The highest BCUT2D eigenvalue weighted by Gasteiger charge is 2.38. The second-order valence-corrected chi connectivity index (χ2v) is 9.44. The Morgan fingerprint density at radius 1 is 1.10 bits per heavy atom. The summed E-state index contributed by atoms with van der Waals surface area (Å²) in [7, 11) is 0. The van der Waals surface area contributed by atoms with Crippen LogP contribution < -0.4 is 15.8 Å². The lowest BCUT2D eigenvalue weighted by molar-refractivity contribution is -0.914. The topological polar surface area (TPSA) is 68.4 Å². The lowest BCUT2D eigenvalue weighted by Crippen LogP contribution is -3.15. The van der Waals surface area contributed by atoms with Gasteiger partial charge in [0.2, 0.25) is 0 Å². The van der Waals surface area contributed by atoms with E-state index in [4.69, 9.17) is 0 Å². The second kappa shape index (κ2) is 8.34. The molecule has 1 saturated heterocycles. The lowest BCUT2D eigenvalue weighted by atomic mass is 9.81. The smallest absolute Gasteiger partial charge is 0.274 e. The molecule has 1 amide bonds. The normalized spacial score (nSPS) is 26.1. The van der Waals surface area contributed by atoms with E-state index in [0.717, 1.165) is 24.7 Å². The molecule has 4 heterocycles. The number of carbonyl (C=O) groups excluding carboxylic acids is 1. The van der Waals surface area contributed by atoms with E-state index in [-0.39, 0.29) is 11.5 Å². The number of pyridine rings is 2. The summed E-state index contributed by atoms with van der Waals surface area (Å²) in [6.45, 7) is 4.39. The first kappa shape index (κ1) is 19.5. The van der Waals surface area contributed by atoms with Crippen LogP contribution in [0.4, 0.5) is 5.69 Å². The highest BCUT2D eigenvalue weighted by Crippen LogP contribution is 2.31. The molecular weight excluding hydrogens is 376 g/mol. The minimum absolute atomic E-state index is 0.0691. The quantitative estimate of drug-likeness (QED) is 0.815. The Balaban J connectivity index is 1.32. The van der Waals surface area contributed by atoms with Crippen molar-refractivity contribution in [1.29, 1.82) is 0 Å². The van der Waals surface area contributed by atoms with Gasteiger partial charge < -0.3 is 14.8 Å². The van der Waals surface area contributed by atoms with Crippen molar-refractivity contribution in [2.24, 2.45) is 11.8 Å². The summed E-state index contributed by atoms with van der Waals surface area (Å²) in [5.41, 5.74) is 1.96. The van der Waals surface area contributed by atoms with E-state index in [1.165, 1.54) is 51.6 Å². The molecule has 0 radical (unpaired) electrons. The molecule has 6 heteroatoms. The molecule has 158 valence electrons. The van der Waals surface area contributed by atoms with E-state index in [2.05, 4.69) is 16.4 Å². The van der Waals surface area contributed by atoms with Crippen molar-refractivity contribution < 1.29 is 9.69 Å². The number of carbonyl (C=O) groups is 1. The molecule has 3 aliphatic rings. The summed E-state index contributed by atoms with van der Waals surface area (Å²) in [6.07, 6.45) is 11.4. The van der Waals surface area contributed by atoms with Crippen molar-refractivity contribution in [3.8, 4) is 0 Å². The monoisotopic (exact) mass is 407 g/mol. The summed E-state index contributed by atoms with van der Waals surface area (Å²) in [4.78, 5) is 31.3. The zero-order chi connectivity index (χ0) is 20.5. The predicted octanol–water partition coefficient (Wildman–Crippen LogP) is 2.08. The molecule has 0 spiro atoms. The third-order valence-electron chi connectivity index (χ3n) is 7.29. The fourth-order valence-corrected chi connectivity index (χ4v) is 5.93. The van der Waals surface area contributed by atoms with E-state index < -0.39 is 0 Å². The van der Waals surface area contributed by atoms with Gasteiger partial charge in [-0.15, -0.1) is 0 Å². The fraction of sp³-hybridized carbons (Fsp3) is 0.542. The second-order valence-electron chi connectivity index (χ2n) is 9.44. The molecular formula is C24H31N4O2+. The van der Waals surface area contributed by atoms with Crippen LogP contribution in [0.1, 0.15) is 60.5 Å². The first-order valence-electron chi connectivity index (χ1n) is 11.5. The predicted molar refractivity (Wildman–Crippen MR) is 116 cm³/mol. The number of rotatable bonds is 4. The standard InChI is InChI=1S/C24H30N4O2/c29-23(19-8-10-25-11-9-19)26-21-6-7-22-20-12-18(15-28(22)24(21)30)14-27(16-20)13-17-4-2-1-3-5-17/h6-11,17-18,20H,1-5,12-16H2,(H,26,29)/p+1/t18-,20+/m0/s1. The summed E-state index contributed by atoms with van der Waals surface area (Å²) < 4.78 is 1.93. The fourth-order valence-electron chi connectivity index (χ4n) is 5.93. The van der Waals surface area contributed by atoms with Gasteiger partial charge in [0.15, 0.2) is 0 Å². The molecule has 2 aromatic rings. The number of nitrogens with one attached hydrogen (secondary N) is 2. The highest BCUT2D eigenvalue weighted by molar-refractivity contribution is 6.04. The Hall–Kier alpha value is -2.47. The molecule has 0 aromatic carbocycles. The van der Waals surface area contributed by atoms with Crippen molar-refractivity contribution in [2.45, 2.75) is 51.0 Å². The van der Waals surface area contributed by atoms with Crippen LogP contribution in [0.2, 0.25) is 0 Å². The largest absolute Gasteiger partial charge is 0.334 e. The molecule has 30 heavy (non-hydrogen) atoms. The van der Waals surface area contributed by atoms with E-state index in [0.29, 0.717) is 23.1 Å². The van der Waals surface area contributed by atoms with Crippen molar-refractivity contribution >= 4 is 11.6 Å². The number of aromatic nitrogens is 2. The lowest BCUT2D eigenvalue weighted by Gasteiger charge is -2.41. The van der Waals surface area contributed by atoms with Crippen LogP contribution in [0.15, 0.2) is 41.5 Å². The van der Waals surface area contributed by atoms with Crippen molar-refractivity contribution in [2.75, 3.05) is 25.0 Å². The Kier molecular flexibility index (Phi) is 5.42. The van der Waals surface area contributed by atoms with Gasteiger partial charge in [-0.25, -0.2) is 0 Å². The van der Waals surface area contributed by atoms with Gasteiger partial charge in [-0.1, -0.05) is 19.3 Å². The van der Waals surface area contributed by atoms with Crippen LogP contribution >= 0.6 is 0 Å². The summed E-state index contributed by atoms with van der Waals surface area (Å²) in [6, 6.07) is 7.16. The van der Waals surface area contributed by atoms with Crippen LogP contribution in [-0.2, 0) is 6.54 Å². The average Bonchev–Trinajstić information content (AvgIpc) is 2.77. The van der Waals surface area contributed by atoms with Crippen molar-refractivity contribution in [3.05, 3.63) is 58.3 Å². The number of quaternary nitrogens is 1. The number of likely N-dealkylation sites (tertiary alicyclic amines) is 1. The maximum absolute atomic E-state index is 13.1. The van der Waals surface area contributed by atoms with Crippen LogP contribution in [0.3, 0.4) is 0 Å². The molecule has 2 fully saturated rings. The Morgan fingerprint density at radius 2 is 1.90 bits per heavy atom. The van der Waals surface area contributed by atoms with Gasteiger partial charge >= 0.3 is 0 Å². The molecule has 1 saturated carbocycles. The third kappa shape index (κ3) is 3.93. The number of anilines is 1. The van der Waals surface area contributed by atoms with Gasteiger partial charge in [-0.2, -0.15) is 0 Å². The molecule has 2 N–H and O–H groups in total. The number of fused-ring (bicyclic) bond motifs is 4. The number of piperidine rings is 1. The van der Waals surface area contributed by atoms with E-state index >= 15 is 0 Å². The molecule has 6 nitrogen and oxygen atoms in total. The van der Waals surface area contributed by atoms with Gasteiger partial charge in [0.05, 0.1) is 19.6 Å². The van der Waals surface area contributed by atoms with Gasteiger partial charge in [0.1, 0.15) is 5.69 Å². The van der Waals surface area contributed by atoms with Crippen LogP contribution in [-0.4, -0.2) is 35.1 Å².